The number of phenolic OH excluding ortho intramolecular Hbond substituents is 1. The summed E-state index contributed by atoms with van der Waals surface area (Å²) in [5, 5.41) is 10.5. The third kappa shape index (κ3) is 3.33. The summed E-state index contributed by atoms with van der Waals surface area (Å²) in [6.07, 6.45) is -0.164. The van der Waals surface area contributed by atoms with E-state index in [1.165, 1.54) is 0 Å². The molecule has 120 valence electrons. The first kappa shape index (κ1) is 15.8. The van der Waals surface area contributed by atoms with Crippen LogP contribution >= 0.6 is 11.6 Å². The molecule has 0 saturated carbocycles. The Bertz CT molecular complexity index is 715. The molecular formula is C18H18ClNO3. The van der Waals surface area contributed by atoms with Crippen LogP contribution in [-0.4, -0.2) is 35.6 Å². The molecule has 1 saturated heterocycles. The smallest absolute Gasteiger partial charge is 0.254 e. The Balaban J connectivity index is 1.79. The molecule has 0 spiro atoms. The van der Waals surface area contributed by atoms with Gasteiger partial charge in [0.05, 0.1) is 13.2 Å². The number of hydrogen-bond donors (Lipinski definition) is 1. The van der Waals surface area contributed by atoms with Gasteiger partial charge in [-0.15, -0.1) is 0 Å². The Kier molecular flexibility index (Phi) is 4.55. The molecule has 0 aliphatic carbocycles. The number of amides is 1. The zero-order valence-electron chi connectivity index (χ0n) is 12.8. The van der Waals surface area contributed by atoms with Crippen LogP contribution in [0, 0.1) is 6.92 Å². The van der Waals surface area contributed by atoms with E-state index in [0.29, 0.717) is 35.8 Å². The molecule has 1 heterocycles. The van der Waals surface area contributed by atoms with Crippen LogP contribution in [0.4, 0.5) is 0 Å². The van der Waals surface area contributed by atoms with Gasteiger partial charge in [0, 0.05) is 22.7 Å². The van der Waals surface area contributed by atoms with Gasteiger partial charge in [0.1, 0.15) is 11.9 Å². The molecule has 2 aromatic carbocycles. The van der Waals surface area contributed by atoms with Crippen molar-refractivity contribution < 1.29 is 14.6 Å². The van der Waals surface area contributed by atoms with Gasteiger partial charge in [0.15, 0.2) is 0 Å². The number of carbonyl (C=O) groups excluding carboxylic acids is 1. The SMILES string of the molecule is Cc1c(O)cccc1C(=O)N1CCO[C@H](c2ccc(Cl)cc2)C1. The van der Waals surface area contributed by atoms with Gasteiger partial charge in [-0.05, 0) is 36.8 Å². The lowest BCUT2D eigenvalue weighted by Gasteiger charge is -2.33. The number of hydrogen-bond acceptors (Lipinski definition) is 3. The molecule has 1 N–H and O–H groups in total. The highest BCUT2D eigenvalue weighted by atomic mass is 35.5. The minimum Gasteiger partial charge on any atom is -0.508 e. The van der Waals surface area contributed by atoms with Gasteiger partial charge < -0.3 is 14.7 Å². The number of aromatic hydroxyl groups is 1. The molecule has 1 atom stereocenters. The van der Waals surface area contributed by atoms with Crippen LogP contribution in [-0.2, 0) is 4.74 Å². The molecule has 3 rings (SSSR count). The maximum Gasteiger partial charge on any atom is 0.254 e. The monoisotopic (exact) mass is 331 g/mol. The maximum atomic E-state index is 12.7. The van der Waals surface area contributed by atoms with Gasteiger partial charge in [-0.2, -0.15) is 0 Å². The minimum absolute atomic E-state index is 0.0827. The third-order valence-corrected chi connectivity index (χ3v) is 4.38. The fourth-order valence-electron chi connectivity index (χ4n) is 2.74. The summed E-state index contributed by atoms with van der Waals surface area (Å²) in [5.74, 6) is 0.0547. The van der Waals surface area contributed by atoms with E-state index < -0.39 is 0 Å². The van der Waals surface area contributed by atoms with Crippen molar-refractivity contribution in [3.8, 4) is 5.75 Å². The van der Waals surface area contributed by atoms with Crippen molar-refractivity contribution in [3.63, 3.8) is 0 Å². The van der Waals surface area contributed by atoms with Crippen molar-refractivity contribution in [2.24, 2.45) is 0 Å². The van der Waals surface area contributed by atoms with Crippen molar-refractivity contribution in [3.05, 3.63) is 64.2 Å². The van der Waals surface area contributed by atoms with Crippen molar-refractivity contribution >= 4 is 17.5 Å². The number of rotatable bonds is 2. The molecule has 2 aromatic rings. The molecule has 0 unspecified atom stereocenters. The second-order valence-electron chi connectivity index (χ2n) is 5.61. The maximum absolute atomic E-state index is 12.7. The lowest BCUT2D eigenvalue weighted by atomic mass is 10.0. The summed E-state index contributed by atoms with van der Waals surface area (Å²) in [6.45, 7) is 3.25. The lowest BCUT2D eigenvalue weighted by Crippen LogP contribution is -2.42. The van der Waals surface area contributed by atoms with E-state index in [4.69, 9.17) is 16.3 Å². The van der Waals surface area contributed by atoms with Crippen LogP contribution in [0.15, 0.2) is 42.5 Å². The van der Waals surface area contributed by atoms with Crippen LogP contribution in [0.25, 0.3) is 0 Å². The Morgan fingerprint density at radius 2 is 2.00 bits per heavy atom. The van der Waals surface area contributed by atoms with Crippen LogP contribution in [0.5, 0.6) is 5.75 Å². The van der Waals surface area contributed by atoms with Crippen LogP contribution in [0.2, 0.25) is 5.02 Å². The number of halogens is 1. The number of nitrogens with zero attached hydrogens (tertiary/aromatic N) is 1. The van der Waals surface area contributed by atoms with Gasteiger partial charge in [-0.25, -0.2) is 0 Å². The number of ether oxygens (including phenoxy) is 1. The summed E-state index contributed by atoms with van der Waals surface area (Å²) in [7, 11) is 0. The van der Waals surface area contributed by atoms with Gasteiger partial charge in [-0.3, -0.25) is 4.79 Å². The average molecular weight is 332 g/mol. The van der Waals surface area contributed by atoms with E-state index in [2.05, 4.69) is 0 Å². The van der Waals surface area contributed by atoms with Crippen molar-refractivity contribution in [1.82, 2.24) is 4.90 Å². The van der Waals surface area contributed by atoms with E-state index in [0.717, 1.165) is 5.56 Å². The zero-order chi connectivity index (χ0) is 16.4. The molecule has 1 fully saturated rings. The van der Waals surface area contributed by atoms with Gasteiger partial charge in [0.2, 0.25) is 0 Å². The highest BCUT2D eigenvalue weighted by Crippen LogP contribution is 2.26. The molecule has 1 aliphatic rings. The van der Waals surface area contributed by atoms with Crippen LogP contribution in [0.1, 0.15) is 27.6 Å². The van der Waals surface area contributed by atoms with E-state index in [9.17, 15) is 9.90 Å². The fraction of sp³-hybridized carbons (Fsp3) is 0.278. The van der Waals surface area contributed by atoms with E-state index >= 15 is 0 Å². The Labute approximate surface area is 140 Å². The predicted octanol–water partition coefficient (Wildman–Crippen LogP) is 3.57. The summed E-state index contributed by atoms with van der Waals surface area (Å²) in [6, 6.07) is 12.5. The first-order valence-electron chi connectivity index (χ1n) is 7.51. The molecule has 1 aliphatic heterocycles. The molecule has 1 amide bonds. The molecular weight excluding hydrogens is 314 g/mol. The molecule has 0 radical (unpaired) electrons. The highest BCUT2D eigenvalue weighted by Gasteiger charge is 2.27. The Morgan fingerprint density at radius 3 is 2.74 bits per heavy atom. The number of carbonyl (C=O) groups is 1. The van der Waals surface area contributed by atoms with E-state index in [1.54, 1.807) is 30.0 Å². The Hall–Kier alpha value is -2.04. The standard InChI is InChI=1S/C18H18ClNO3/c1-12-15(3-2-4-16(12)21)18(22)20-9-10-23-17(11-20)13-5-7-14(19)8-6-13/h2-8,17,21H,9-11H2,1H3/t17-/m0/s1. The second-order valence-corrected chi connectivity index (χ2v) is 6.05. The first-order chi connectivity index (χ1) is 11.1. The quantitative estimate of drug-likeness (QED) is 0.915. The van der Waals surface area contributed by atoms with Gasteiger partial charge >= 0.3 is 0 Å². The average Bonchev–Trinajstić information content (AvgIpc) is 2.57. The van der Waals surface area contributed by atoms with Crippen molar-refractivity contribution in [1.29, 1.82) is 0 Å². The summed E-state index contributed by atoms with van der Waals surface area (Å²) in [4.78, 5) is 14.5. The molecule has 5 heteroatoms. The topological polar surface area (TPSA) is 49.8 Å². The Morgan fingerprint density at radius 1 is 1.26 bits per heavy atom. The third-order valence-electron chi connectivity index (χ3n) is 4.13. The largest absolute Gasteiger partial charge is 0.508 e. The van der Waals surface area contributed by atoms with Crippen LogP contribution in [0.3, 0.4) is 0 Å². The molecule has 0 aromatic heterocycles. The normalized spacial score (nSPS) is 18.0. The molecule has 23 heavy (non-hydrogen) atoms. The highest BCUT2D eigenvalue weighted by molar-refractivity contribution is 6.30. The van der Waals surface area contributed by atoms with Crippen LogP contribution < -0.4 is 0 Å². The molecule has 4 nitrogen and oxygen atoms in total. The van der Waals surface area contributed by atoms with Gasteiger partial charge in [0.25, 0.3) is 5.91 Å². The van der Waals surface area contributed by atoms with Crippen molar-refractivity contribution in [2.75, 3.05) is 19.7 Å². The number of morpholine rings is 1. The summed E-state index contributed by atoms with van der Waals surface area (Å²) < 4.78 is 5.79. The second kappa shape index (κ2) is 6.60. The fourth-order valence-corrected chi connectivity index (χ4v) is 2.86. The lowest BCUT2D eigenvalue weighted by molar-refractivity contribution is -0.0228. The number of phenols is 1. The predicted molar refractivity (Wildman–Crippen MR) is 88.9 cm³/mol. The zero-order valence-corrected chi connectivity index (χ0v) is 13.6. The van der Waals surface area contributed by atoms with E-state index in [-0.39, 0.29) is 17.8 Å². The van der Waals surface area contributed by atoms with Crippen molar-refractivity contribution in [2.45, 2.75) is 13.0 Å². The molecule has 0 bridgehead atoms. The first-order valence-corrected chi connectivity index (χ1v) is 7.89. The summed E-state index contributed by atoms with van der Waals surface area (Å²) >= 11 is 5.91. The minimum atomic E-state index is -0.164. The number of benzene rings is 2. The van der Waals surface area contributed by atoms with Gasteiger partial charge in [-0.1, -0.05) is 29.8 Å². The van der Waals surface area contributed by atoms with E-state index in [1.807, 2.05) is 24.3 Å². The summed E-state index contributed by atoms with van der Waals surface area (Å²) in [5.41, 5.74) is 2.13.